The van der Waals surface area contributed by atoms with E-state index in [-0.39, 0.29) is 16.1 Å². The van der Waals surface area contributed by atoms with E-state index >= 15 is 0 Å². The van der Waals surface area contributed by atoms with Gasteiger partial charge in [0.15, 0.2) is 10.7 Å². The number of aryl methyl sites for hydroxylation is 1. The fourth-order valence-corrected chi connectivity index (χ4v) is 5.39. The number of hydrogen-bond donors (Lipinski definition) is 3. The molecular weight excluding hydrogens is 461 g/mol. The standard InChI is InChI=1S/C21H17ClFN3O5S/c22-13-4-6-15(27)19-17(13)24-20(25-32(19,30)31)16-18(28)12-9-11(23)3-5-14(12)26(21(16)29)8-7-10-1-2-10/h3-6,9-10,27-28H,1-2,7-8H2,(H,24,25). The highest BCUT2D eigenvalue weighted by Gasteiger charge is 2.34. The lowest BCUT2D eigenvalue weighted by atomic mass is 10.1. The third-order valence-corrected chi connectivity index (χ3v) is 7.36. The molecule has 3 N–H and O–H groups in total. The molecule has 0 saturated heterocycles. The second-order valence-corrected chi connectivity index (χ2v) is 9.83. The number of aromatic hydroxyl groups is 2. The van der Waals surface area contributed by atoms with Crippen molar-refractivity contribution in [1.29, 1.82) is 0 Å². The summed E-state index contributed by atoms with van der Waals surface area (Å²) in [6.07, 6.45) is 2.85. The fraction of sp³-hybridized carbons (Fsp3) is 0.238. The van der Waals surface area contributed by atoms with Gasteiger partial charge in [0.25, 0.3) is 15.6 Å². The molecule has 166 valence electrons. The number of phenols is 1. The zero-order valence-corrected chi connectivity index (χ0v) is 18.0. The van der Waals surface area contributed by atoms with Gasteiger partial charge in [-0.25, -0.2) is 4.39 Å². The van der Waals surface area contributed by atoms with Gasteiger partial charge in [-0.15, -0.1) is 4.40 Å². The van der Waals surface area contributed by atoms with Gasteiger partial charge in [0.2, 0.25) is 0 Å². The van der Waals surface area contributed by atoms with Gasteiger partial charge in [0.05, 0.1) is 16.2 Å². The number of nitrogens with one attached hydrogen (secondary N) is 1. The van der Waals surface area contributed by atoms with E-state index in [2.05, 4.69) is 9.71 Å². The molecule has 2 heterocycles. The zero-order chi connectivity index (χ0) is 22.8. The van der Waals surface area contributed by atoms with Gasteiger partial charge in [-0.05, 0) is 42.7 Å². The van der Waals surface area contributed by atoms with Crippen LogP contribution in [0.5, 0.6) is 11.5 Å². The quantitative estimate of drug-likeness (QED) is 0.528. The predicted molar refractivity (Wildman–Crippen MR) is 118 cm³/mol. The predicted octanol–water partition coefficient (Wildman–Crippen LogP) is 3.57. The van der Waals surface area contributed by atoms with Crippen molar-refractivity contribution in [3.63, 3.8) is 0 Å². The van der Waals surface area contributed by atoms with Crippen LogP contribution in [-0.4, -0.2) is 29.0 Å². The minimum absolute atomic E-state index is 0.0332. The van der Waals surface area contributed by atoms with Crippen molar-refractivity contribution in [2.75, 3.05) is 5.32 Å². The molecule has 0 atom stereocenters. The molecule has 0 amide bonds. The molecule has 1 saturated carbocycles. The summed E-state index contributed by atoms with van der Waals surface area (Å²) < 4.78 is 44.5. The van der Waals surface area contributed by atoms with E-state index in [0.717, 1.165) is 31.4 Å². The molecule has 3 aromatic rings. The Kier molecular flexibility index (Phi) is 4.68. The molecule has 0 bridgehead atoms. The number of fused-ring (bicyclic) bond motifs is 2. The summed E-state index contributed by atoms with van der Waals surface area (Å²) in [5, 5.41) is 23.6. The average molecular weight is 478 g/mol. The second-order valence-electron chi connectivity index (χ2n) is 7.88. The Bertz CT molecular complexity index is 1500. The van der Waals surface area contributed by atoms with Gasteiger partial charge in [-0.3, -0.25) is 4.79 Å². The highest BCUT2D eigenvalue weighted by atomic mass is 35.5. The Hall–Kier alpha value is -3.11. The summed E-state index contributed by atoms with van der Waals surface area (Å²) in [4.78, 5) is 12.9. The summed E-state index contributed by atoms with van der Waals surface area (Å²) in [6.45, 7) is 0.317. The number of nitrogens with zero attached hydrogens (tertiary/aromatic N) is 2. The van der Waals surface area contributed by atoms with Crippen LogP contribution in [-0.2, 0) is 16.6 Å². The van der Waals surface area contributed by atoms with Crippen LogP contribution >= 0.6 is 11.6 Å². The number of halogens is 2. The molecule has 11 heteroatoms. The highest BCUT2D eigenvalue weighted by Crippen LogP contribution is 2.41. The Balaban J connectivity index is 1.76. The minimum atomic E-state index is -4.46. The van der Waals surface area contributed by atoms with Gasteiger partial charge in [0.1, 0.15) is 22.9 Å². The zero-order valence-electron chi connectivity index (χ0n) is 16.5. The smallest absolute Gasteiger partial charge is 0.290 e. The fourth-order valence-electron chi connectivity index (χ4n) is 3.91. The normalized spacial score (nSPS) is 17.0. The molecule has 5 rings (SSSR count). The SMILES string of the molecule is O=c1c(C2=NS(=O)(=O)c3c(O)ccc(Cl)c3N2)c(O)c2cc(F)ccc2n1CCC1CC1. The summed E-state index contributed by atoms with van der Waals surface area (Å²) >= 11 is 6.12. The molecule has 8 nitrogen and oxygen atoms in total. The lowest BCUT2D eigenvalue weighted by Crippen LogP contribution is -2.33. The van der Waals surface area contributed by atoms with Crippen LogP contribution in [0.3, 0.4) is 0 Å². The summed E-state index contributed by atoms with van der Waals surface area (Å²) in [5.74, 6) is -1.76. The monoisotopic (exact) mass is 477 g/mol. The number of amidine groups is 1. The number of aromatic nitrogens is 1. The van der Waals surface area contributed by atoms with Gasteiger partial charge in [0, 0.05) is 11.9 Å². The number of hydrogen-bond acceptors (Lipinski definition) is 6. The van der Waals surface area contributed by atoms with Crippen LogP contribution in [0, 0.1) is 11.7 Å². The Labute approximate surface area is 186 Å². The average Bonchev–Trinajstić information content (AvgIpc) is 3.55. The number of rotatable bonds is 4. The van der Waals surface area contributed by atoms with E-state index in [9.17, 15) is 27.8 Å². The molecule has 32 heavy (non-hydrogen) atoms. The lowest BCUT2D eigenvalue weighted by molar-refractivity contribution is 0.459. The second kappa shape index (κ2) is 7.21. The third-order valence-electron chi connectivity index (χ3n) is 5.69. The Morgan fingerprint density at radius 2 is 1.97 bits per heavy atom. The molecule has 1 fully saturated rings. The maximum absolute atomic E-state index is 14.0. The Morgan fingerprint density at radius 3 is 2.69 bits per heavy atom. The van der Waals surface area contributed by atoms with Crippen molar-refractivity contribution in [2.24, 2.45) is 10.3 Å². The molecule has 0 spiro atoms. The highest BCUT2D eigenvalue weighted by molar-refractivity contribution is 7.90. The summed E-state index contributed by atoms with van der Waals surface area (Å²) in [5.41, 5.74) is -0.941. The van der Waals surface area contributed by atoms with Crippen molar-refractivity contribution in [1.82, 2.24) is 4.57 Å². The van der Waals surface area contributed by atoms with Gasteiger partial charge in [-0.2, -0.15) is 8.42 Å². The largest absolute Gasteiger partial charge is 0.506 e. The maximum Gasteiger partial charge on any atom is 0.290 e. The van der Waals surface area contributed by atoms with E-state index in [0.29, 0.717) is 18.0 Å². The van der Waals surface area contributed by atoms with Crippen molar-refractivity contribution in [3.8, 4) is 11.5 Å². The molecule has 0 radical (unpaired) electrons. The van der Waals surface area contributed by atoms with E-state index in [1.54, 1.807) is 0 Å². The van der Waals surface area contributed by atoms with E-state index in [1.807, 2.05) is 0 Å². The molecule has 0 unspecified atom stereocenters. The molecule has 1 aliphatic heterocycles. The van der Waals surface area contributed by atoms with Crippen molar-refractivity contribution >= 4 is 44.1 Å². The van der Waals surface area contributed by atoms with Gasteiger partial charge in [-0.1, -0.05) is 24.4 Å². The minimum Gasteiger partial charge on any atom is -0.506 e. The van der Waals surface area contributed by atoms with Crippen molar-refractivity contribution in [2.45, 2.75) is 30.7 Å². The lowest BCUT2D eigenvalue weighted by Gasteiger charge is -2.22. The number of benzene rings is 2. The van der Waals surface area contributed by atoms with E-state index in [4.69, 9.17) is 11.6 Å². The van der Waals surface area contributed by atoms with Crippen LogP contribution in [0.25, 0.3) is 10.9 Å². The third kappa shape index (κ3) is 3.30. The first-order valence-electron chi connectivity index (χ1n) is 9.86. The number of pyridine rings is 1. The van der Waals surface area contributed by atoms with E-state index in [1.165, 1.54) is 22.8 Å². The van der Waals surface area contributed by atoms with Crippen LogP contribution < -0.4 is 10.9 Å². The van der Waals surface area contributed by atoms with Crippen LogP contribution in [0.15, 0.2) is 44.4 Å². The summed E-state index contributed by atoms with van der Waals surface area (Å²) in [7, 11) is -4.46. The molecule has 2 aliphatic rings. The van der Waals surface area contributed by atoms with Gasteiger partial charge < -0.3 is 20.1 Å². The first-order valence-corrected chi connectivity index (χ1v) is 11.7. The molecule has 2 aromatic carbocycles. The molecule has 1 aliphatic carbocycles. The molecular formula is C21H17ClFN3O5S. The van der Waals surface area contributed by atoms with Crippen molar-refractivity contribution < 1.29 is 23.0 Å². The van der Waals surface area contributed by atoms with E-state index < -0.39 is 49.2 Å². The number of anilines is 1. The first-order chi connectivity index (χ1) is 15.2. The number of phenolic OH excluding ortho intramolecular Hbond substituents is 1. The summed E-state index contributed by atoms with van der Waals surface area (Å²) in [6, 6.07) is 6.06. The Morgan fingerprint density at radius 1 is 1.22 bits per heavy atom. The van der Waals surface area contributed by atoms with Gasteiger partial charge >= 0.3 is 0 Å². The van der Waals surface area contributed by atoms with Crippen molar-refractivity contribution in [3.05, 3.63) is 57.1 Å². The van der Waals surface area contributed by atoms with Crippen LogP contribution in [0.4, 0.5) is 10.1 Å². The number of sulfonamides is 1. The maximum atomic E-state index is 14.0. The topological polar surface area (TPSA) is 121 Å². The van der Waals surface area contributed by atoms with Crippen LogP contribution in [0.1, 0.15) is 24.8 Å². The first kappa shape index (κ1) is 20.8. The molecule has 1 aromatic heterocycles. The van der Waals surface area contributed by atoms with Crippen LogP contribution in [0.2, 0.25) is 5.02 Å².